The lowest BCUT2D eigenvalue weighted by atomic mass is 10.1. The molecular weight excluding hydrogens is 266 g/mol. The second-order valence-corrected chi connectivity index (χ2v) is 4.41. The number of aromatic nitrogens is 2. The molecule has 9 heteroatoms. The number of rotatable bonds is 2. The molecule has 19 heavy (non-hydrogen) atoms. The molecule has 1 heterocycles. The molecule has 106 valence electrons. The molecule has 0 amide bonds. The molecular formula is C10H12F2N2O5. The van der Waals surface area contributed by atoms with Gasteiger partial charge in [0.25, 0.3) is 5.56 Å². The van der Waals surface area contributed by atoms with Gasteiger partial charge in [-0.15, -0.1) is 0 Å². The highest BCUT2D eigenvalue weighted by atomic mass is 19.1. The summed E-state index contributed by atoms with van der Waals surface area (Å²) in [5.74, 6) is -2.61. The fourth-order valence-corrected chi connectivity index (χ4v) is 2.29. The summed E-state index contributed by atoms with van der Waals surface area (Å²) < 4.78 is 27.6. The minimum Gasteiger partial charge on any atom is -0.396 e. The number of nitrogens with one attached hydrogen (secondary N) is 1. The maximum atomic E-state index is 14.0. The summed E-state index contributed by atoms with van der Waals surface area (Å²) in [6.07, 6.45) is -4.78. The zero-order chi connectivity index (χ0) is 14.3. The van der Waals surface area contributed by atoms with Gasteiger partial charge in [-0.2, -0.15) is 4.39 Å². The number of alkyl halides is 1. The first kappa shape index (κ1) is 13.8. The van der Waals surface area contributed by atoms with Gasteiger partial charge in [-0.1, -0.05) is 0 Å². The van der Waals surface area contributed by atoms with E-state index in [0.29, 0.717) is 10.8 Å². The van der Waals surface area contributed by atoms with E-state index >= 15 is 0 Å². The molecule has 1 fully saturated rings. The molecule has 5 atom stereocenters. The van der Waals surface area contributed by atoms with Crippen LogP contribution in [0.25, 0.3) is 0 Å². The monoisotopic (exact) mass is 278 g/mol. The topological polar surface area (TPSA) is 116 Å². The van der Waals surface area contributed by atoms with Gasteiger partial charge < -0.3 is 15.3 Å². The smallest absolute Gasteiger partial charge is 0.328 e. The van der Waals surface area contributed by atoms with E-state index in [9.17, 15) is 28.6 Å². The van der Waals surface area contributed by atoms with Crippen LogP contribution in [-0.2, 0) is 0 Å². The Hall–Kier alpha value is -1.58. The Labute approximate surface area is 104 Å². The van der Waals surface area contributed by atoms with Crippen LogP contribution in [0.5, 0.6) is 0 Å². The fraction of sp³-hybridized carbons (Fsp3) is 0.600. The number of hydrogen-bond acceptors (Lipinski definition) is 5. The van der Waals surface area contributed by atoms with Crippen molar-refractivity contribution in [1.29, 1.82) is 0 Å². The van der Waals surface area contributed by atoms with Crippen LogP contribution in [0, 0.1) is 11.7 Å². The molecule has 0 saturated heterocycles. The van der Waals surface area contributed by atoms with Gasteiger partial charge in [0, 0.05) is 5.92 Å². The normalized spacial score (nSPS) is 34.7. The molecule has 1 aromatic heterocycles. The molecule has 1 saturated carbocycles. The van der Waals surface area contributed by atoms with Gasteiger partial charge in [0.15, 0.2) is 0 Å². The molecule has 5 unspecified atom stereocenters. The maximum absolute atomic E-state index is 14.0. The predicted octanol–water partition coefficient (Wildman–Crippen LogP) is -2.10. The Morgan fingerprint density at radius 2 is 1.95 bits per heavy atom. The van der Waals surface area contributed by atoms with Gasteiger partial charge in [0.1, 0.15) is 12.3 Å². The zero-order valence-electron chi connectivity index (χ0n) is 9.53. The second kappa shape index (κ2) is 4.83. The zero-order valence-corrected chi connectivity index (χ0v) is 9.53. The van der Waals surface area contributed by atoms with Crippen molar-refractivity contribution in [1.82, 2.24) is 9.55 Å². The summed E-state index contributed by atoms with van der Waals surface area (Å²) in [4.78, 5) is 24.0. The minimum absolute atomic E-state index is 0.466. The van der Waals surface area contributed by atoms with Gasteiger partial charge in [-0.05, 0) is 0 Å². The van der Waals surface area contributed by atoms with Gasteiger partial charge in [-0.3, -0.25) is 14.3 Å². The van der Waals surface area contributed by atoms with Crippen molar-refractivity contribution < 1.29 is 24.1 Å². The molecule has 1 aliphatic carbocycles. The molecule has 0 aliphatic heterocycles. The first-order chi connectivity index (χ1) is 8.88. The van der Waals surface area contributed by atoms with E-state index in [1.165, 1.54) is 0 Å². The Morgan fingerprint density at radius 1 is 1.32 bits per heavy atom. The van der Waals surface area contributed by atoms with E-state index in [-0.39, 0.29) is 0 Å². The summed E-state index contributed by atoms with van der Waals surface area (Å²) in [6, 6.07) is -1.58. The molecule has 7 nitrogen and oxygen atoms in total. The molecule has 0 aromatic carbocycles. The van der Waals surface area contributed by atoms with Gasteiger partial charge >= 0.3 is 5.69 Å². The van der Waals surface area contributed by atoms with Crippen molar-refractivity contribution in [2.75, 3.05) is 6.61 Å². The lowest BCUT2D eigenvalue weighted by molar-refractivity contribution is -0.00569. The Kier molecular flexibility index (Phi) is 3.52. The molecule has 2 rings (SSSR count). The van der Waals surface area contributed by atoms with Crippen LogP contribution in [0.4, 0.5) is 8.78 Å². The van der Waals surface area contributed by atoms with E-state index < -0.39 is 54.0 Å². The minimum atomic E-state index is -1.96. The van der Waals surface area contributed by atoms with Crippen molar-refractivity contribution in [3.63, 3.8) is 0 Å². The first-order valence-electron chi connectivity index (χ1n) is 5.50. The molecule has 1 aliphatic rings. The molecule has 4 N–H and O–H groups in total. The lowest BCUT2D eigenvalue weighted by Crippen LogP contribution is -2.40. The van der Waals surface area contributed by atoms with Crippen molar-refractivity contribution in [3.05, 3.63) is 32.9 Å². The van der Waals surface area contributed by atoms with Gasteiger partial charge in [0.05, 0.1) is 24.9 Å². The average Bonchev–Trinajstić information content (AvgIpc) is 2.56. The van der Waals surface area contributed by atoms with Gasteiger partial charge in [-0.25, -0.2) is 9.18 Å². The molecule has 1 aromatic rings. The number of nitrogens with zero attached hydrogens (tertiary/aromatic N) is 1. The maximum Gasteiger partial charge on any atom is 0.328 e. The van der Waals surface area contributed by atoms with Crippen molar-refractivity contribution in [3.8, 4) is 0 Å². The van der Waals surface area contributed by atoms with E-state index in [0.717, 1.165) is 0 Å². The summed E-state index contributed by atoms with van der Waals surface area (Å²) >= 11 is 0. The highest BCUT2D eigenvalue weighted by Crippen LogP contribution is 2.37. The summed E-state index contributed by atoms with van der Waals surface area (Å²) in [5.41, 5.74) is -2.37. The summed E-state index contributed by atoms with van der Waals surface area (Å²) in [5, 5.41) is 28.2. The van der Waals surface area contributed by atoms with E-state index in [1.54, 1.807) is 4.98 Å². The van der Waals surface area contributed by atoms with E-state index in [4.69, 9.17) is 5.11 Å². The van der Waals surface area contributed by atoms with Crippen LogP contribution < -0.4 is 11.2 Å². The number of aliphatic hydroxyl groups is 3. The number of H-pyrrole nitrogens is 1. The predicted molar refractivity (Wildman–Crippen MR) is 57.8 cm³/mol. The number of aliphatic hydroxyl groups excluding tert-OH is 3. The summed E-state index contributed by atoms with van der Waals surface area (Å²) in [6.45, 7) is -0.740. The third-order valence-electron chi connectivity index (χ3n) is 3.33. The van der Waals surface area contributed by atoms with Crippen LogP contribution >= 0.6 is 0 Å². The highest BCUT2D eigenvalue weighted by Gasteiger charge is 2.51. The van der Waals surface area contributed by atoms with Crippen molar-refractivity contribution in [2.45, 2.75) is 24.4 Å². The van der Waals surface area contributed by atoms with E-state index in [1.807, 2.05) is 0 Å². The van der Waals surface area contributed by atoms with Crippen molar-refractivity contribution in [2.24, 2.45) is 5.92 Å². The Bertz CT molecular complexity index is 586. The van der Waals surface area contributed by atoms with E-state index in [2.05, 4.69) is 0 Å². The molecule has 0 radical (unpaired) electrons. The van der Waals surface area contributed by atoms with Crippen LogP contribution in [0.1, 0.15) is 6.04 Å². The fourth-order valence-electron chi connectivity index (χ4n) is 2.29. The van der Waals surface area contributed by atoms with Crippen LogP contribution in [0.2, 0.25) is 0 Å². The van der Waals surface area contributed by atoms with Crippen LogP contribution in [-0.4, -0.2) is 49.9 Å². The largest absolute Gasteiger partial charge is 0.396 e. The molecule has 0 bridgehead atoms. The third-order valence-corrected chi connectivity index (χ3v) is 3.33. The quantitative estimate of drug-likeness (QED) is 0.494. The SMILES string of the molecule is O=c1[nH]c(=O)n(C2C(O)C(O)C(CO)C2F)cc1F. The van der Waals surface area contributed by atoms with Gasteiger partial charge in [0.2, 0.25) is 5.82 Å². The first-order valence-corrected chi connectivity index (χ1v) is 5.50. The number of hydrogen-bond donors (Lipinski definition) is 4. The second-order valence-electron chi connectivity index (χ2n) is 4.41. The Balaban J connectivity index is 2.50. The lowest BCUT2D eigenvalue weighted by Gasteiger charge is -2.19. The van der Waals surface area contributed by atoms with Crippen LogP contribution in [0.3, 0.4) is 0 Å². The standard InChI is InChI=1S/C10H12F2N2O5/c11-4-1-14(10(19)13-9(4)18)6-5(12)3(2-15)7(16)8(6)17/h1,3,5-8,15-17H,2H2,(H,13,18,19). The van der Waals surface area contributed by atoms with Crippen molar-refractivity contribution >= 4 is 0 Å². The number of halogens is 2. The molecule has 0 spiro atoms. The Morgan fingerprint density at radius 3 is 2.47 bits per heavy atom. The van der Waals surface area contributed by atoms with Crippen LogP contribution in [0.15, 0.2) is 15.8 Å². The highest BCUT2D eigenvalue weighted by molar-refractivity contribution is 5.03. The summed E-state index contributed by atoms with van der Waals surface area (Å²) in [7, 11) is 0. The number of aromatic amines is 1. The third kappa shape index (κ3) is 2.09. The average molecular weight is 278 g/mol.